The van der Waals surface area contributed by atoms with Crippen LogP contribution in [0.4, 0.5) is 0 Å². The van der Waals surface area contributed by atoms with Crippen LogP contribution in [0, 0.1) is 0 Å². The number of ether oxygens (including phenoxy) is 1. The third-order valence-corrected chi connectivity index (χ3v) is 5.04. The van der Waals surface area contributed by atoms with Gasteiger partial charge in [0, 0.05) is 18.3 Å². The van der Waals surface area contributed by atoms with Crippen molar-refractivity contribution in [3.8, 4) is 16.9 Å². The van der Waals surface area contributed by atoms with Crippen LogP contribution in [0.15, 0.2) is 47.4 Å². The Morgan fingerprint density at radius 1 is 1.30 bits per heavy atom. The molecule has 0 aliphatic heterocycles. The zero-order chi connectivity index (χ0) is 19.1. The third-order valence-electron chi connectivity index (χ3n) is 5.04. The second kappa shape index (κ2) is 6.55. The Kier molecular flexibility index (Phi) is 4.20. The summed E-state index contributed by atoms with van der Waals surface area (Å²) in [5, 5.41) is 9.41. The van der Waals surface area contributed by atoms with Gasteiger partial charge in [0.1, 0.15) is 5.56 Å². The summed E-state index contributed by atoms with van der Waals surface area (Å²) in [6, 6.07) is 11.1. The molecule has 2 aromatic heterocycles. The van der Waals surface area contributed by atoms with Gasteiger partial charge in [-0.15, -0.1) is 0 Å². The van der Waals surface area contributed by atoms with Crippen molar-refractivity contribution < 1.29 is 14.6 Å². The largest absolute Gasteiger partial charge is 0.494 e. The van der Waals surface area contributed by atoms with Crippen molar-refractivity contribution in [3.63, 3.8) is 0 Å². The molecule has 6 nitrogen and oxygen atoms in total. The van der Waals surface area contributed by atoms with E-state index < -0.39 is 11.5 Å². The molecule has 0 amide bonds. The molecule has 0 atom stereocenters. The maximum Gasteiger partial charge on any atom is 0.341 e. The molecule has 138 valence electrons. The summed E-state index contributed by atoms with van der Waals surface area (Å²) >= 11 is 0. The quantitative estimate of drug-likeness (QED) is 0.726. The van der Waals surface area contributed by atoms with Crippen LogP contribution in [0.5, 0.6) is 5.75 Å². The first-order valence-corrected chi connectivity index (χ1v) is 8.84. The van der Waals surface area contributed by atoms with Gasteiger partial charge in [-0.3, -0.25) is 9.20 Å². The Morgan fingerprint density at radius 3 is 2.70 bits per heavy atom. The lowest BCUT2D eigenvalue weighted by molar-refractivity contribution is 0.0694. The van der Waals surface area contributed by atoms with Gasteiger partial charge in [-0.1, -0.05) is 18.2 Å². The van der Waals surface area contributed by atoms with E-state index in [0.29, 0.717) is 17.8 Å². The number of nitrogens with two attached hydrogens (primary N) is 1. The SMILES string of the molecule is COc1c(-c2cccc(CN)c2)ccn2c(=O)c(C(=O)O)cc(C3CC3)c12. The summed E-state index contributed by atoms with van der Waals surface area (Å²) in [4.78, 5) is 24.2. The highest BCUT2D eigenvalue weighted by Crippen LogP contribution is 2.45. The fourth-order valence-corrected chi connectivity index (χ4v) is 3.55. The number of fused-ring (bicyclic) bond motifs is 1. The van der Waals surface area contributed by atoms with E-state index in [1.807, 2.05) is 24.3 Å². The zero-order valence-corrected chi connectivity index (χ0v) is 14.9. The Labute approximate surface area is 155 Å². The first-order chi connectivity index (χ1) is 13.0. The highest BCUT2D eigenvalue weighted by Gasteiger charge is 2.30. The molecule has 1 aromatic carbocycles. The number of pyridine rings is 2. The normalized spacial score (nSPS) is 13.7. The summed E-state index contributed by atoms with van der Waals surface area (Å²) in [6.07, 6.45) is 3.58. The van der Waals surface area contributed by atoms with Crippen LogP contribution in [0.2, 0.25) is 0 Å². The summed E-state index contributed by atoms with van der Waals surface area (Å²) in [6.45, 7) is 0.429. The van der Waals surface area contributed by atoms with Crippen LogP contribution >= 0.6 is 0 Å². The molecule has 3 aromatic rings. The number of benzene rings is 1. The number of nitrogens with zero attached hydrogens (tertiary/aromatic N) is 1. The first kappa shape index (κ1) is 17.3. The molecule has 3 N–H and O–H groups in total. The molecule has 0 unspecified atom stereocenters. The molecule has 0 radical (unpaired) electrons. The number of aromatic nitrogens is 1. The van der Waals surface area contributed by atoms with Crippen LogP contribution in [0.3, 0.4) is 0 Å². The standard InChI is InChI=1S/C21H20N2O4/c1-27-19-15(14-4-2-3-12(9-14)11-22)7-8-23-18(19)16(13-5-6-13)10-17(20(23)24)21(25)26/h2-4,7-10,13H,5-6,11,22H2,1H3,(H,25,26). The maximum atomic E-state index is 12.7. The van der Waals surface area contributed by atoms with Gasteiger partial charge in [0.05, 0.1) is 12.6 Å². The predicted molar refractivity (Wildman–Crippen MR) is 102 cm³/mol. The van der Waals surface area contributed by atoms with E-state index in [1.165, 1.54) is 10.5 Å². The average Bonchev–Trinajstić information content (AvgIpc) is 3.52. The first-order valence-electron chi connectivity index (χ1n) is 8.84. The molecule has 2 heterocycles. The van der Waals surface area contributed by atoms with Gasteiger partial charge in [-0.05, 0) is 53.6 Å². The molecule has 4 rings (SSSR count). The molecule has 1 saturated carbocycles. The van der Waals surface area contributed by atoms with Gasteiger partial charge >= 0.3 is 5.97 Å². The minimum atomic E-state index is -1.21. The van der Waals surface area contributed by atoms with Crippen molar-refractivity contribution in [3.05, 3.63) is 69.6 Å². The van der Waals surface area contributed by atoms with Crippen LogP contribution < -0.4 is 16.0 Å². The number of rotatable bonds is 5. The summed E-state index contributed by atoms with van der Waals surface area (Å²) in [7, 11) is 1.57. The van der Waals surface area contributed by atoms with E-state index >= 15 is 0 Å². The maximum absolute atomic E-state index is 12.7. The van der Waals surface area contributed by atoms with E-state index in [-0.39, 0.29) is 11.5 Å². The second-order valence-corrected chi connectivity index (χ2v) is 6.78. The van der Waals surface area contributed by atoms with Gasteiger partial charge in [0.2, 0.25) is 0 Å². The molecule has 6 heteroatoms. The predicted octanol–water partition coefficient (Wildman–Crippen LogP) is 3.01. The van der Waals surface area contributed by atoms with Crippen molar-refractivity contribution in [2.24, 2.45) is 5.73 Å². The number of methoxy groups -OCH3 is 1. The zero-order valence-electron chi connectivity index (χ0n) is 14.9. The minimum absolute atomic E-state index is 0.214. The van der Waals surface area contributed by atoms with Crippen molar-refractivity contribution in [1.29, 1.82) is 0 Å². The molecular weight excluding hydrogens is 344 g/mol. The topological polar surface area (TPSA) is 94.0 Å². The average molecular weight is 364 g/mol. The fourth-order valence-electron chi connectivity index (χ4n) is 3.55. The van der Waals surface area contributed by atoms with E-state index in [1.54, 1.807) is 19.4 Å². The van der Waals surface area contributed by atoms with Crippen molar-refractivity contribution >= 4 is 11.5 Å². The lowest BCUT2D eigenvalue weighted by Gasteiger charge is -2.17. The molecule has 1 aliphatic carbocycles. The number of carboxylic acids is 1. The highest BCUT2D eigenvalue weighted by molar-refractivity contribution is 5.90. The van der Waals surface area contributed by atoms with E-state index in [9.17, 15) is 14.7 Å². The number of hydrogen-bond acceptors (Lipinski definition) is 4. The lowest BCUT2D eigenvalue weighted by atomic mass is 9.99. The van der Waals surface area contributed by atoms with Gasteiger partial charge in [-0.25, -0.2) is 4.79 Å². The molecule has 1 fully saturated rings. The monoisotopic (exact) mass is 364 g/mol. The second-order valence-electron chi connectivity index (χ2n) is 6.78. The van der Waals surface area contributed by atoms with Crippen LogP contribution in [-0.4, -0.2) is 22.6 Å². The van der Waals surface area contributed by atoms with Crippen LogP contribution in [0.25, 0.3) is 16.6 Å². The van der Waals surface area contributed by atoms with Gasteiger partial charge in [0.15, 0.2) is 5.75 Å². The van der Waals surface area contributed by atoms with Crippen molar-refractivity contribution in [1.82, 2.24) is 4.40 Å². The third kappa shape index (κ3) is 2.88. The van der Waals surface area contributed by atoms with Gasteiger partial charge in [-0.2, -0.15) is 0 Å². The molecular formula is C21H20N2O4. The Bertz CT molecular complexity index is 1110. The number of carbonyl (C=O) groups is 1. The van der Waals surface area contributed by atoms with E-state index in [4.69, 9.17) is 10.5 Å². The molecule has 0 bridgehead atoms. The highest BCUT2D eigenvalue weighted by atomic mass is 16.5. The van der Waals surface area contributed by atoms with Crippen molar-refractivity contribution in [2.75, 3.05) is 7.11 Å². The lowest BCUT2D eigenvalue weighted by Crippen LogP contribution is -2.23. The Balaban J connectivity index is 2.07. The Hall–Kier alpha value is -3.12. The minimum Gasteiger partial charge on any atom is -0.494 e. The van der Waals surface area contributed by atoms with Crippen molar-refractivity contribution in [2.45, 2.75) is 25.3 Å². The Morgan fingerprint density at radius 2 is 2.07 bits per heavy atom. The molecule has 1 aliphatic rings. The summed E-state index contributed by atoms with van der Waals surface area (Å²) in [5.74, 6) is -0.393. The van der Waals surface area contributed by atoms with Gasteiger partial charge in [0.25, 0.3) is 5.56 Å². The summed E-state index contributed by atoms with van der Waals surface area (Å²) in [5.41, 5.74) is 9.27. The van der Waals surface area contributed by atoms with Gasteiger partial charge < -0.3 is 15.6 Å². The van der Waals surface area contributed by atoms with Crippen LogP contribution in [-0.2, 0) is 6.54 Å². The van der Waals surface area contributed by atoms with Crippen LogP contribution in [0.1, 0.15) is 40.2 Å². The fraction of sp³-hybridized carbons (Fsp3) is 0.238. The molecule has 27 heavy (non-hydrogen) atoms. The molecule has 0 spiro atoms. The number of carboxylic acid groups (broad SMARTS) is 1. The van der Waals surface area contributed by atoms with E-state index in [0.717, 1.165) is 35.1 Å². The number of aromatic carboxylic acids is 1. The smallest absolute Gasteiger partial charge is 0.341 e. The molecule has 0 saturated heterocycles. The van der Waals surface area contributed by atoms with E-state index in [2.05, 4.69) is 0 Å². The summed E-state index contributed by atoms with van der Waals surface area (Å²) < 4.78 is 7.12. The number of hydrogen-bond donors (Lipinski definition) is 2.